The van der Waals surface area contributed by atoms with Crippen LogP contribution in [0.3, 0.4) is 0 Å². The molecule has 0 heterocycles. The molecule has 1 rings (SSSR count). The normalized spacial score (nSPS) is 13.0. The lowest BCUT2D eigenvalue weighted by atomic mass is 10.0. The van der Waals surface area contributed by atoms with E-state index in [9.17, 15) is 15.0 Å². The number of ether oxygens (including phenoxy) is 1. The van der Waals surface area contributed by atoms with Crippen molar-refractivity contribution in [1.82, 2.24) is 5.32 Å². The number of nitrogens with one attached hydrogen (secondary N) is 1. The lowest BCUT2D eigenvalue weighted by Gasteiger charge is -2.24. The van der Waals surface area contributed by atoms with Gasteiger partial charge < -0.3 is 26.0 Å². The topological polar surface area (TPSA) is 105 Å². The molecular formula is C14H22N2O4. The monoisotopic (exact) mass is 282 g/mol. The van der Waals surface area contributed by atoms with Crippen molar-refractivity contribution < 1.29 is 19.7 Å². The Kier molecular flexibility index (Phi) is 5.35. The summed E-state index contributed by atoms with van der Waals surface area (Å²) in [6.07, 6.45) is 0.271. The molecule has 112 valence electrons. The minimum atomic E-state index is -0.730. The van der Waals surface area contributed by atoms with E-state index in [0.717, 1.165) is 0 Å². The van der Waals surface area contributed by atoms with Gasteiger partial charge in [0.15, 0.2) is 11.5 Å². The first-order chi connectivity index (χ1) is 9.25. The highest BCUT2D eigenvalue weighted by Gasteiger charge is 2.20. The molecule has 0 saturated heterocycles. The first-order valence-electron chi connectivity index (χ1n) is 6.34. The molecule has 0 bridgehead atoms. The Bertz CT molecular complexity index is 474. The number of benzene rings is 1. The highest BCUT2D eigenvalue weighted by molar-refractivity contribution is 5.81. The van der Waals surface area contributed by atoms with Crippen LogP contribution in [0.2, 0.25) is 0 Å². The Morgan fingerprint density at radius 2 is 2.05 bits per heavy atom. The fraction of sp³-hybridized carbons (Fsp3) is 0.500. The second kappa shape index (κ2) is 6.58. The molecule has 0 fully saturated rings. The van der Waals surface area contributed by atoms with Crippen LogP contribution in [0.5, 0.6) is 11.5 Å². The van der Waals surface area contributed by atoms with E-state index in [4.69, 9.17) is 10.5 Å². The number of amides is 1. The Morgan fingerprint density at radius 1 is 1.40 bits per heavy atom. The first-order valence-corrected chi connectivity index (χ1v) is 6.34. The minimum absolute atomic E-state index is 0.200. The average Bonchev–Trinajstić information content (AvgIpc) is 2.40. The molecule has 0 saturated carbocycles. The number of nitrogens with two attached hydrogens (primary N) is 1. The van der Waals surface area contributed by atoms with Crippen LogP contribution >= 0.6 is 0 Å². The third-order valence-corrected chi connectivity index (χ3v) is 3.07. The number of hydrogen-bond acceptors (Lipinski definition) is 5. The van der Waals surface area contributed by atoms with Crippen molar-refractivity contribution in [2.24, 2.45) is 5.73 Å². The number of methoxy groups -OCH3 is 1. The maximum atomic E-state index is 11.9. The zero-order chi connectivity index (χ0) is 15.3. The van der Waals surface area contributed by atoms with Gasteiger partial charge in [0.1, 0.15) is 0 Å². The van der Waals surface area contributed by atoms with E-state index < -0.39 is 11.6 Å². The number of aromatic hydroxyl groups is 2. The largest absolute Gasteiger partial charge is 0.504 e. The Hall–Kier alpha value is -1.79. The van der Waals surface area contributed by atoms with E-state index in [-0.39, 0.29) is 23.8 Å². The van der Waals surface area contributed by atoms with Crippen molar-refractivity contribution in [3.8, 4) is 11.5 Å². The van der Waals surface area contributed by atoms with Gasteiger partial charge in [0.2, 0.25) is 5.91 Å². The molecule has 0 aliphatic heterocycles. The summed E-state index contributed by atoms with van der Waals surface area (Å²) in [5.74, 6) is -0.716. The Balaban J connectivity index is 2.55. The molecule has 0 aliphatic rings. The van der Waals surface area contributed by atoms with Gasteiger partial charge in [0.05, 0.1) is 11.6 Å². The van der Waals surface area contributed by atoms with Gasteiger partial charge in [0.25, 0.3) is 0 Å². The lowest BCUT2D eigenvalue weighted by molar-refractivity contribution is -0.123. The van der Waals surface area contributed by atoms with Crippen LogP contribution in [-0.2, 0) is 16.0 Å². The molecule has 0 radical (unpaired) electrons. The lowest BCUT2D eigenvalue weighted by Crippen LogP contribution is -2.47. The van der Waals surface area contributed by atoms with E-state index in [0.29, 0.717) is 12.1 Å². The van der Waals surface area contributed by atoms with Gasteiger partial charge in [-0.1, -0.05) is 6.07 Å². The molecule has 6 nitrogen and oxygen atoms in total. The second-order valence-corrected chi connectivity index (χ2v) is 5.32. The molecule has 0 unspecified atom stereocenters. The summed E-state index contributed by atoms with van der Waals surface area (Å²) in [6.45, 7) is 4.07. The van der Waals surface area contributed by atoms with Crippen LogP contribution in [0.1, 0.15) is 19.4 Å². The molecule has 1 amide bonds. The van der Waals surface area contributed by atoms with Crippen molar-refractivity contribution in [3.05, 3.63) is 23.8 Å². The van der Waals surface area contributed by atoms with Crippen molar-refractivity contribution in [2.45, 2.75) is 31.9 Å². The van der Waals surface area contributed by atoms with Gasteiger partial charge in [-0.15, -0.1) is 0 Å². The number of phenols is 2. The van der Waals surface area contributed by atoms with Crippen molar-refractivity contribution in [2.75, 3.05) is 13.7 Å². The van der Waals surface area contributed by atoms with Gasteiger partial charge >= 0.3 is 0 Å². The van der Waals surface area contributed by atoms with Crippen LogP contribution in [-0.4, -0.2) is 41.4 Å². The standard InChI is InChI=1S/C14H22N2O4/c1-14(2,20-3)8-16-13(19)10(15)6-9-4-5-11(17)12(18)7-9/h4-5,7,10,17-18H,6,8,15H2,1-3H3,(H,16,19)/t10-/m0/s1. The minimum Gasteiger partial charge on any atom is -0.504 e. The summed E-state index contributed by atoms with van der Waals surface area (Å²) < 4.78 is 5.20. The summed E-state index contributed by atoms with van der Waals surface area (Å²) >= 11 is 0. The smallest absolute Gasteiger partial charge is 0.237 e. The molecule has 5 N–H and O–H groups in total. The molecule has 1 aromatic carbocycles. The third kappa shape index (κ3) is 4.71. The van der Waals surface area contributed by atoms with Crippen molar-refractivity contribution >= 4 is 5.91 Å². The maximum Gasteiger partial charge on any atom is 0.237 e. The van der Waals surface area contributed by atoms with E-state index in [2.05, 4.69) is 5.32 Å². The van der Waals surface area contributed by atoms with Crippen LogP contribution in [0.25, 0.3) is 0 Å². The van der Waals surface area contributed by atoms with Gasteiger partial charge in [-0.3, -0.25) is 4.79 Å². The fourth-order valence-electron chi connectivity index (χ4n) is 1.55. The summed E-state index contributed by atoms with van der Waals surface area (Å²) in [6, 6.07) is 3.64. The van der Waals surface area contributed by atoms with Gasteiger partial charge in [0, 0.05) is 13.7 Å². The number of carbonyl (C=O) groups excluding carboxylic acids is 1. The summed E-state index contributed by atoms with van der Waals surface area (Å²) in [5.41, 5.74) is 6.03. The van der Waals surface area contributed by atoms with Gasteiger partial charge in [-0.25, -0.2) is 0 Å². The zero-order valence-electron chi connectivity index (χ0n) is 12.0. The Morgan fingerprint density at radius 3 is 2.60 bits per heavy atom. The SMILES string of the molecule is COC(C)(C)CNC(=O)[C@@H](N)Cc1ccc(O)c(O)c1. The first kappa shape index (κ1) is 16.3. The molecule has 1 aromatic rings. The number of phenolic OH excluding ortho intramolecular Hbond substituents is 2. The quantitative estimate of drug-likeness (QED) is 0.569. The molecule has 6 heteroatoms. The summed E-state index contributed by atoms with van der Waals surface area (Å²) in [5, 5.41) is 21.3. The predicted octanol–water partition coefficient (Wildman–Crippen LogP) is 0.509. The number of carbonyl (C=O) groups is 1. The van der Waals surface area contributed by atoms with Crippen LogP contribution in [0.4, 0.5) is 0 Å². The van der Waals surface area contributed by atoms with E-state index in [1.165, 1.54) is 12.1 Å². The third-order valence-electron chi connectivity index (χ3n) is 3.07. The Labute approximate surface area is 118 Å². The average molecular weight is 282 g/mol. The zero-order valence-corrected chi connectivity index (χ0v) is 12.0. The molecule has 0 aliphatic carbocycles. The van der Waals surface area contributed by atoms with Crippen molar-refractivity contribution in [3.63, 3.8) is 0 Å². The molecule has 20 heavy (non-hydrogen) atoms. The number of hydrogen-bond donors (Lipinski definition) is 4. The van der Waals surface area contributed by atoms with Crippen LogP contribution in [0, 0.1) is 0 Å². The molecule has 0 spiro atoms. The van der Waals surface area contributed by atoms with Crippen LogP contribution in [0.15, 0.2) is 18.2 Å². The molecular weight excluding hydrogens is 260 g/mol. The highest BCUT2D eigenvalue weighted by atomic mass is 16.5. The second-order valence-electron chi connectivity index (χ2n) is 5.32. The van der Waals surface area contributed by atoms with E-state index in [1.54, 1.807) is 13.2 Å². The van der Waals surface area contributed by atoms with Gasteiger partial charge in [-0.2, -0.15) is 0 Å². The van der Waals surface area contributed by atoms with Crippen molar-refractivity contribution in [1.29, 1.82) is 0 Å². The van der Waals surface area contributed by atoms with Crippen LogP contribution < -0.4 is 11.1 Å². The predicted molar refractivity (Wildman–Crippen MR) is 75.5 cm³/mol. The fourth-order valence-corrected chi connectivity index (χ4v) is 1.55. The van der Waals surface area contributed by atoms with E-state index >= 15 is 0 Å². The van der Waals surface area contributed by atoms with Gasteiger partial charge in [-0.05, 0) is 38.0 Å². The summed E-state index contributed by atoms with van der Waals surface area (Å²) in [7, 11) is 1.57. The highest BCUT2D eigenvalue weighted by Crippen LogP contribution is 2.25. The summed E-state index contributed by atoms with van der Waals surface area (Å²) in [4.78, 5) is 11.9. The maximum absolute atomic E-state index is 11.9. The van der Waals surface area contributed by atoms with E-state index in [1.807, 2.05) is 13.8 Å². The molecule has 1 atom stereocenters. The number of rotatable bonds is 6. The molecule has 0 aromatic heterocycles.